The number of benzene rings is 1. The van der Waals surface area contributed by atoms with Gasteiger partial charge < -0.3 is 9.32 Å². The summed E-state index contributed by atoms with van der Waals surface area (Å²) in [5.41, 5.74) is 1.27. The van der Waals surface area contributed by atoms with Crippen LogP contribution in [0.3, 0.4) is 0 Å². The van der Waals surface area contributed by atoms with Gasteiger partial charge in [0, 0.05) is 5.56 Å². The zero-order valence-electron chi connectivity index (χ0n) is 14.4. The first-order chi connectivity index (χ1) is 12.1. The van der Waals surface area contributed by atoms with E-state index in [0.29, 0.717) is 23.4 Å². The van der Waals surface area contributed by atoms with E-state index in [1.165, 1.54) is 49.0 Å². The number of halogens is 1. The molecule has 1 aromatic carbocycles. The predicted molar refractivity (Wildman–Crippen MR) is 92.1 cm³/mol. The Labute approximate surface area is 145 Å². The normalized spacial score (nSPS) is 15.0. The summed E-state index contributed by atoms with van der Waals surface area (Å²) in [5.74, 6) is 0.556. The van der Waals surface area contributed by atoms with Gasteiger partial charge in [-0.25, -0.2) is 4.39 Å². The third-order valence-electron chi connectivity index (χ3n) is 4.24. The zero-order valence-corrected chi connectivity index (χ0v) is 14.4. The molecule has 0 radical (unpaired) electrons. The number of likely N-dealkylation sites (tertiary alicyclic amines) is 1. The number of oxazole rings is 1. The monoisotopic (exact) mass is 344 g/mol. The van der Waals surface area contributed by atoms with E-state index >= 15 is 0 Å². The summed E-state index contributed by atoms with van der Waals surface area (Å²) >= 11 is 0. The Kier molecular flexibility index (Phi) is 5.23. The standard InChI is InChI=1S/C12H8FN3O2.C6H13N/c1-7-10(6-17)18-12-14-11(15-16(7)12)8-2-4-9(13)5-3-8;1-7-5-3-2-4-6-7/h2-6H,1H3;2-6H2,1H3. The molecule has 0 unspecified atom stereocenters. The molecule has 7 heteroatoms. The molecule has 6 nitrogen and oxygen atoms in total. The van der Waals surface area contributed by atoms with E-state index in [1.54, 1.807) is 19.1 Å². The SMILES string of the molecule is CN1CCCCC1.Cc1c(C=O)oc2nc(-c3ccc(F)cc3)nn12. The van der Waals surface area contributed by atoms with Gasteiger partial charge in [-0.15, -0.1) is 5.10 Å². The summed E-state index contributed by atoms with van der Waals surface area (Å²) in [4.78, 5) is 17.2. The van der Waals surface area contributed by atoms with Crippen molar-refractivity contribution in [2.75, 3.05) is 20.1 Å². The van der Waals surface area contributed by atoms with Crippen molar-refractivity contribution in [3.63, 3.8) is 0 Å². The summed E-state index contributed by atoms with van der Waals surface area (Å²) < 4.78 is 19.5. The van der Waals surface area contributed by atoms with Gasteiger partial charge in [0.05, 0.1) is 5.69 Å². The van der Waals surface area contributed by atoms with E-state index in [9.17, 15) is 9.18 Å². The number of nitrogens with zero attached hydrogens (tertiary/aromatic N) is 4. The van der Waals surface area contributed by atoms with Crippen LogP contribution in [-0.4, -0.2) is 45.9 Å². The maximum absolute atomic E-state index is 12.8. The molecule has 4 rings (SSSR count). The molecule has 0 spiro atoms. The van der Waals surface area contributed by atoms with Crippen LogP contribution in [0.1, 0.15) is 35.5 Å². The Hall–Kier alpha value is -2.54. The fourth-order valence-corrected chi connectivity index (χ4v) is 2.74. The van der Waals surface area contributed by atoms with Crippen LogP contribution in [0.5, 0.6) is 0 Å². The minimum Gasteiger partial charge on any atom is -0.419 e. The largest absolute Gasteiger partial charge is 0.419 e. The van der Waals surface area contributed by atoms with Gasteiger partial charge in [-0.3, -0.25) is 4.79 Å². The van der Waals surface area contributed by atoms with Gasteiger partial charge in [-0.05, 0) is 64.2 Å². The van der Waals surface area contributed by atoms with Crippen LogP contribution in [0.15, 0.2) is 28.7 Å². The minimum atomic E-state index is -0.318. The van der Waals surface area contributed by atoms with E-state index in [4.69, 9.17) is 4.42 Å². The van der Waals surface area contributed by atoms with Crippen molar-refractivity contribution < 1.29 is 13.6 Å². The van der Waals surface area contributed by atoms with Crippen LogP contribution in [0.25, 0.3) is 17.2 Å². The topological polar surface area (TPSA) is 63.6 Å². The van der Waals surface area contributed by atoms with Gasteiger partial charge in [0.2, 0.25) is 0 Å². The van der Waals surface area contributed by atoms with Crippen LogP contribution in [0, 0.1) is 12.7 Å². The second-order valence-electron chi connectivity index (χ2n) is 6.17. The van der Waals surface area contributed by atoms with E-state index < -0.39 is 0 Å². The van der Waals surface area contributed by atoms with Gasteiger partial charge in [0.25, 0.3) is 0 Å². The molecule has 3 aromatic rings. The van der Waals surface area contributed by atoms with Crippen molar-refractivity contribution in [2.24, 2.45) is 0 Å². The number of piperidine rings is 1. The molecule has 0 amide bonds. The van der Waals surface area contributed by atoms with Gasteiger partial charge in [0.15, 0.2) is 17.9 Å². The average molecular weight is 344 g/mol. The van der Waals surface area contributed by atoms with Crippen LogP contribution >= 0.6 is 0 Å². The number of hydrogen-bond donors (Lipinski definition) is 0. The van der Waals surface area contributed by atoms with Gasteiger partial charge in [-0.1, -0.05) is 6.42 Å². The molecule has 0 saturated carbocycles. The van der Waals surface area contributed by atoms with E-state index in [2.05, 4.69) is 22.0 Å². The third kappa shape index (κ3) is 3.93. The lowest BCUT2D eigenvalue weighted by molar-refractivity contribution is 0.110. The fraction of sp³-hybridized carbons (Fsp3) is 0.389. The molecule has 0 aliphatic carbocycles. The van der Waals surface area contributed by atoms with Crippen molar-refractivity contribution in [2.45, 2.75) is 26.2 Å². The van der Waals surface area contributed by atoms with Crippen molar-refractivity contribution in [1.82, 2.24) is 19.5 Å². The third-order valence-corrected chi connectivity index (χ3v) is 4.24. The molecule has 3 heterocycles. The maximum Gasteiger partial charge on any atom is 0.325 e. The van der Waals surface area contributed by atoms with Crippen LogP contribution < -0.4 is 0 Å². The van der Waals surface area contributed by atoms with Gasteiger partial charge in [0.1, 0.15) is 5.82 Å². The number of carbonyl (C=O) groups is 1. The molecule has 1 saturated heterocycles. The highest BCUT2D eigenvalue weighted by molar-refractivity contribution is 5.73. The van der Waals surface area contributed by atoms with Crippen LogP contribution in [0.4, 0.5) is 4.39 Å². The number of aldehydes is 1. The summed E-state index contributed by atoms with van der Waals surface area (Å²) in [6.45, 7) is 4.35. The summed E-state index contributed by atoms with van der Waals surface area (Å²) in [5, 5.41) is 4.21. The summed E-state index contributed by atoms with van der Waals surface area (Å²) in [6, 6.07) is 5.84. The summed E-state index contributed by atoms with van der Waals surface area (Å²) in [6.07, 6.45) is 4.89. The van der Waals surface area contributed by atoms with E-state index in [1.807, 2.05) is 0 Å². The molecule has 0 bridgehead atoms. The quantitative estimate of drug-likeness (QED) is 0.667. The molecule has 25 heavy (non-hydrogen) atoms. The number of carbonyl (C=O) groups excluding carboxylic acids is 1. The highest BCUT2D eigenvalue weighted by Crippen LogP contribution is 2.19. The number of fused-ring (bicyclic) bond motifs is 1. The summed E-state index contributed by atoms with van der Waals surface area (Å²) in [7, 11) is 2.19. The second kappa shape index (κ2) is 7.57. The number of rotatable bonds is 2. The first-order valence-electron chi connectivity index (χ1n) is 8.34. The number of aryl methyl sites for hydroxylation is 1. The first kappa shape index (κ1) is 17.3. The van der Waals surface area contributed by atoms with Crippen molar-refractivity contribution in [3.8, 4) is 11.4 Å². The highest BCUT2D eigenvalue weighted by Gasteiger charge is 2.15. The molecule has 1 aliphatic heterocycles. The van der Waals surface area contributed by atoms with Crippen LogP contribution in [-0.2, 0) is 0 Å². The number of hydrogen-bond acceptors (Lipinski definition) is 5. The van der Waals surface area contributed by atoms with Crippen molar-refractivity contribution in [3.05, 3.63) is 41.5 Å². The molecule has 1 aliphatic rings. The predicted octanol–water partition coefficient (Wildman–Crippen LogP) is 3.35. The second-order valence-corrected chi connectivity index (χ2v) is 6.17. The molecule has 132 valence electrons. The smallest absolute Gasteiger partial charge is 0.325 e. The zero-order chi connectivity index (χ0) is 17.8. The van der Waals surface area contributed by atoms with Gasteiger partial charge >= 0.3 is 5.84 Å². The maximum atomic E-state index is 12.8. The van der Waals surface area contributed by atoms with E-state index in [0.717, 1.165) is 0 Å². The Bertz CT molecular complexity index is 848. The molecule has 2 aromatic heterocycles. The average Bonchev–Trinajstić information content (AvgIpc) is 3.16. The minimum absolute atomic E-state index is 0.204. The molecule has 1 fully saturated rings. The van der Waals surface area contributed by atoms with Crippen LogP contribution in [0.2, 0.25) is 0 Å². The lowest BCUT2D eigenvalue weighted by atomic mass is 10.1. The molecular formula is C18H21FN4O2. The van der Waals surface area contributed by atoms with Crippen molar-refractivity contribution >= 4 is 12.1 Å². The van der Waals surface area contributed by atoms with Gasteiger partial charge in [-0.2, -0.15) is 9.50 Å². The molecule has 0 N–H and O–H groups in total. The Morgan fingerprint density at radius 1 is 1.16 bits per heavy atom. The Balaban J connectivity index is 0.000000219. The lowest BCUT2D eigenvalue weighted by Gasteiger charge is -2.20. The van der Waals surface area contributed by atoms with E-state index in [-0.39, 0.29) is 17.4 Å². The molecular weight excluding hydrogens is 323 g/mol. The van der Waals surface area contributed by atoms with Crippen molar-refractivity contribution in [1.29, 1.82) is 0 Å². The Morgan fingerprint density at radius 3 is 2.36 bits per heavy atom. The first-order valence-corrected chi connectivity index (χ1v) is 8.34. The molecule has 0 atom stereocenters. The fourth-order valence-electron chi connectivity index (χ4n) is 2.74. The lowest BCUT2D eigenvalue weighted by Crippen LogP contribution is -2.24. The highest BCUT2D eigenvalue weighted by atomic mass is 19.1. The Morgan fingerprint density at radius 2 is 1.84 bits per heavy atom. The number of aromatic nitrogens is 3.